The standard InChI is InChI=1S/C25H21FN2O6S/c1-4-34-24(32)22-13(2)27-25(35-22)28-19(14-5-9-16(26)10-6-14)18(21(30)23(28)31)20(29)15-7-11-17(33-3)12-8-15/h5-12,19,29H,4H2,1-3H3/t19-/m0/s1. The summed E-state index contributed by atoms with van der Waals surface area (Å²) in [7, 11) is 1.50. The second-order valence-corrected chi connectivity index (χ2v) is 8.56. The van der Waals surface area contributed by atoms with Gasteiger partial charge in [0.05, 0.1) is 31.0 Å². The minimum absolute atomic E-state index is 0.0794. The molecule has 3 aromatic rings. The van der Waals surface area contributed by atoms with E-state index in [1.165, 1.54) is 31.4 Å². The van der Waals surface area contributed by atoms with Crippen molar-refractivity contribution in [3.05, 3.63) is 81.6 Å². The number of hydrogen-bond donors (Lipinski definition) is 1. The summed E-state index contributed by atoms with van der Waals surface area (Å²) in [5.41, 5.74) is 0.820. The number of aliphatic hydroxyl groups is 1. The Morgan fingerprint density at radius 1 is 1.14 bits per heavy atom. The number of nitrogens with zero attached hydrogens (tertiary/aromatic N) is 2. The molecule has 1 aliphatic rings. The van der Waals surface area contributed by atoms with Crippen molar-refractivity contribution in [2.75, 3.05) is 18.6 Å². The van der Waals surface area contributed by atoms with Gasteiger partial charge < -0.3 is 14.6 Å². The molecule has 2 heterocycles. The van der Waals surface area contributed by atoms with E-state index in [1.54, 1.807) is 38.1 Å². The van der Waals surface area contributed by atoms with E-state index in [-0.39, 0.29) is 22.2 Å². The summed E-state index contributed by atoms with van der Waals surface area (Å²) in [4.78, 5) is 44.4. The van der Waals surface area contributed by atoms with Crippen molar-refractivity contribution < 1.29 is 33.4 Å². The number of benzene rings is 2. The van der Waals surface area contributed by atoms with Gasteiger partial charge in [-0.1, -0.05) is 23.5 Å². The number of Topliss-reactive ketones (excluding diaryl/α,β-unsaturated/α-hetero) is 1. The molecule has 2 aromatic carbocycles. The Hall–Kier alpha value is -4.05. The Bertz CT molecular complexity index is 1330. The van der Waals surface area contributed by atoms with Crippen LogP contribution in [0.5, 0.6) is 5.75 Å². The third kappa shape index (κ3) is 4.40. The third-order valence-electron chi connectivity index (χ3n) is 5.45. The van der Waals surface area contributed by atoms with E-state index in [9.17, 15) is 23.9 Å². The summed E-state index contributed by atoms with van der Waals surface area (Å²) in [5, 5.41) is 11.2. The highest BCUT2D eigenvalue weighted by atomic mass is 32.1. The number of anilines is 1. The van der Waals surface area contributed by atoms with Crippen molar-refractivity contribution >= 4 is 39.9 Å². The maximum Gasteiger partial charge on any atom is 0.350 e. The lowest BCUT2D eigenvalue weighted by atomic mass is 9.95. The number of halogens is 1. The van der Waals surface area contributed by atoms with Crippen LogP contribution in [0, 0.1) is 12.7 Å². The largest absolute Gasteiger partial charge is 0.507 e. The highest BCUT2D eigenvalue weighted by molar-refractivity contribution is 7.17. The van der Waals surface area contributed by atoms with Crippen LogP contribution in [0.1, 0.15) is 39.5 Å². The number of carbonyl (C=O) groups is 3. The summed E-state index contributed by atoms with van der Waals surface area (Å²) in [6.45, 7) is 3.42. The lowest BCUT2D eigenvalue weighted by Gasteiger charge is -2.23. The second kappa shape index (κ2) is 9.67. The zero-order valence-corrected chi connectivity index (χ0v) is 19.9. The number of thiazole rings is 1. The Labute approximate surface area is 204 Å². The van der Waals surface area contributed by atoms with Crippen LogP contribution in [-0.2, 0) is 14.3 Å². The van der Waals surface area contributed by atoms with E-state index >= 15 is 0 Å². The molecular weight excluding hydrogens is 475 g/mol. The fourth-order valence-corrected chi connectivity index (χ4v) is 4.75. The van der Waals surface area contributed by atoms with Crippen molar-refractivity contribution in [1.29, 1.82) is 0 Å². The van der Waals surface area contributed by atoms with E-state index in [1.807, 2.05) is 0 Å². The molecule has 1 atom stereocenters. The second-order valence-electron chi connectivity index (χ2n) is 7.58. The smallest absolute Gasteiger partial charge is 0.350 e. The van der Waals surface area contributed by atoms with Crippen LogP contribution < -0.4 is 9.64 Å². The van der Waals surface area contributed by atoms with E-state index < -0.39 is 35.3 Å². The Kier molecular flexibility index (Phi) is 6.65. The van der Waals surface area contributed by atoms with Gasteiger partial charge in [-0.2, -0.15) is 0 Å². The average molecular weight is 497 g/mol. The van der Waals surface area contributed by atoms with Crippen LogP contribution >= 0.6 is 11.3 Å². The number of esters is 1. The van der Waals surface area contributed by atoms with Crippen LogP contribution in [0.2, 0.25) is 0 Å². The molecule has 1 aliphatic heterocycles. The molecule has 0 spiro atoms. The first-order valence-electron chi connectivity index (χ1n) is 10.6. The number of carbonyl (C=O) groups excluding carboxylic acids is 3. The number of aromatic nitrogens is 1. The van der Waals surface area contributed by atoms with Gasteiger partial charge in [0.25, 0.3) is 5.78 Å². The van der Waals surface area contributed by atoms with E-state index in [0.717, 1.165) is 16.2 Å². The first-order chi connectivity index (χ1) is 16.8. The summed E-state index contributed by atoms with van der Waals surface area (Å²) in [6, 6.07) is 10.4. The van der Waals surface area contributed by atoms with E-state index in [2.05, 4.69) is 4.98 Å². The predicted octanol–water partition coefficient (Wildman–Crippen LogP) is 4.40. The van der Waals surface area contributed by atoms with Gasteiger partial charge in [0.15, 0.2) is 5.13 Å². The molecule has 0 bridgehead atoms. The van der Waals surface area contributed by atoms with Crippen LogP contribution in [0.15, 0.2) is 54.1 Å². The summed E-state index contributed by atoms with van der Waals surface area (Å²) < 4.78 is 23.9. The minimum atomic E-state index is -1.10. The maximum atomic E-state index is 13.7. The molecule has 0 radical (unpaired) electrons. The average Bonchev–Trinajstić information content (AvgIpc) is 3.36. The van der Waals surface area contributed by atoms with Crippen molar-refractivity contribution in [3.63, 3.8) is 0 Å². The number of rotatable bonds is 6. The molecule has 1 saturated heterocycles. The normalized spacial score (nSPS) is 17.0. The Morgan fingerprint density at radius 3 is 2.40 bits per heavy atom. The molecule has 0 aliphatic carbocycles. The number of aliphatic hydroxyl groups excluding tert-OH is 1. The molecule has 1 N–H and O–H groups in total. The Morgan fingerprint density at radius 2 is 1.80 bits per heavy atom. The number of aryl methyl sites for hydroxylation is 1. The highest BCUT2D eigenvalue weighted by Crippen LogP contribution is 2.44. The van der Waals surface area contributed by atoms with Crippen molar-refractivity contribution in [2.45, 2.75) is 19.9 Å². The number of amides is 1. The van der Waals surface area contributed by atoms with Crippen LogP contribution in [0.3, 0.4) is 0 Å². The topological polar surface area (TPSA) is 106 Å². The molecular formula is C25H21FN2O6S. The summed E-state index contributed by atoms with van der Waals surface area (Å²) >= 11 is 0.899. The quantitative estimate of drug-likeness (QED) is 0.233. The van der Waals surface area contributed by atoms with E-state index in [0.29, 0.717) is 22.6 Å². The molecule has 1 amide bonds. The summed E-state index contributed by atoms with van der Waals surface area (Å²) in [6.07, 6.45) is 0. The zero-order chi connectivity index (χ0) is 25.3. The maximum absolute atomic E-state index is 13.7. The van der Waals surface area contributed by atoms with Gasteiger partial charge in [-0.25, -0.2) is 14.2 Å². The van der Waals surface area contributed by atoms with Crippen molar-refractivity contribution in [2.24, 2.45) is 0 Å². The van der Waals surface area contributed by atoms with Gasteiger partial charge in [0.2, 0.25) is 0 Å². The number of hydrogen-bond acceptors (Lipinski definition) is 8. The molecule has 1 aromatic heterocycles. The zero-order valence-electron chi connectivity index (χ0n) is 19.1. The molecule has 35 heavy (non-hydrogen) atoms. The fourth-order valence-electron chi connectivity index (χ4n) is 3.77. The first kappa shape index (κ1) is 24.1. The molecule has 0 unspecified atom stereocenters. The fraction of sp³-hybridized carbons (Fsp3) is 0.200. The van der Waals surface area contributed by atoms with Crippen molar-refractivity contribution in [1.82, 2.24) is 4.98 Å². The predicted molar refractivity (Wildman–Crippen MR) is 127 cm³/mol. The van der Waals surface area contributed by atoms with Crippen LogP contribution in [0.25, 0.3) is 5.76 Å². The monoisotopic (exact) mass is 496 g/mol. The van der Waals surface area contributed by atoms with Gasteiger partial charge in [-0.05, 0) is 55.8 Å². The van der Waals surface area contributed by atoms with Gasteiger partial charge in [0, 0.05) is 5.56 Å². The molecule has 180 valence electrons. The molecule has 1 fully saturated rings. The number of methoxy groups -OCH3 is 1. The highest BCUT2D eigenvalue weighted by Gasteiger charge is 2.48. The minimum Gasteiger partial charge on any atom is -0.507 e. The summed E-state index contributed by atoms with van der Waals surface area (Å²) in [5.74, 6) is -2.82. The first-order valence-corrected chi connectivity index (χ1v) is 11.4. The molecule has 4 rings (SSSR count). The van der Waals surface area contributed by atoms with Gasteiger partial charge in [0.1, 0.15) is 22.2 Å². The molecule has 10 heteroatoms. The molecule has 0 saturated carbocycles. The lowest BCUT2D eigenvalue weighted by molar-refractivity contribution is -0.132. The van der Waals surface area contributed by atoms with Gasteiger partial charge >= 0.3 is 11.9 Å². The molecule has 8 nitrogen and oxygen atoms in total. The van der Waals surface area contributed by atoms with Crippen LogP contribution in [0.4, 0.5) is 9.52 Å². The van der Waals surface area contributed by atoms with Gasteiger partial charge in [-0.15, -0.1) is 0 Å². The third-order valence-corrected chi connectivity index (χ3v) is 6.58. The Balaban J connectivity index is 1.89. The SMILES string of the molecule is CCOC(=O)c1sc(N2C(=O)C(=O)C(=C(O)c3ccc(OC)cc3)[C@@H]2c2ccc(F)cc2)nc1C. The van der Waals surface area contributed by atoms with Crippen molar-refractivity contribution in [3.8, 4) is 5.75 Å². The number of ether oxygens (including phenoxy) is 2. The number of ketones is 1. The van der Waals surface area contributed by atoms with Crippen LogP contribution in [-0.4, -0.2) is 41.5 Å². The van der Waals surface area contributed by atoms with E-state index in [4.69, 9.17) is 9.47 Å². The lowest BCUT2D eigenvalue weighted by Crippen LogP contribution is -2.29. The van der Waals surface area contributed by atoms with Gasteiger partial charge in [-0.3, -0.25) is 14.5 Å².